The lowest BCUT2D eigenvalue weighted by atomic mass is 9.51. The third kappa shape index (κ3) is 2.59. The topological polar surface area (TPSA) is 228 Å². The molecule has 5 saturated heterocycles. The number of carbonyl (C=O) groups excluding carboxylic acids is 3. The van der Waals surface area contributed by atoms with Crippen molar-refractivity contribution < 1.29 is 73.4 Å². The number of esters is 3. The minimum atomic E-state index is -2.40. The summed E-state index contributed by atoms with van der Waals surface area (Å²) in [6.45, 7) is 6.16. The molecule has 5 aliphatic heterocycles. The predicted octanol–water partition coefficient (Wildman–Crippen LogP) is -3.55. The van der Waals surface area contributed by atoms with Crippen LogP contribution in [-0.4, -0.2) is 128 Å². The second-order valence-electron chi connectivity index (χ2n) is 13.5. The van der Waals surface area contributed by atoms with Crippen LogP contribution in [0.2, 0.25) is 0 Å². The molecule has 16 atom stereocenters. The molecule has 5 heterocycles. The van der Waals surface area contributed by atoms with Gasteiger partial charge in [0.15, 0.2) is 24.1 Å². The number of rotatable bonds is 3. The number of hydrogen-bond acceptors (Lipinski definition) is 15. The van der Waals surface area contributed by atoms with Crippen molar-refractivity contribution in [1.82, 2.24) is 0 Å². The van der Waals surface area contributed by atoms with E-state index in [1.807, 2.05) is 20.8 Å². The molecular weight excluding hydrogens is 552 g/mol. The van der Waals surface area contributed by atoms with E-state index in [1.165, 1.54) is 6.92 Å². The Kier molecular flexibility index (Phi) is 5.40. The van der Waals surface area contributed by atoms with Crippen LogP contribution in [-0.2, 0) is 42.8 Å². The Morgan fingerprint density at radius 3 is 2.29 bits per heavy atom. The molecule has 0 amide bonds. The molecule has 0 aromatic rings. The zero-order chi connectivity index (χ0) is 29.8. The predicted molar refractivity (Wildman–Crippen MR) is 125 cm³/mol. The highest BCUT2D eigenvalue weighted by Crippen LogP contribution is 2.84. The average molecular weight is 587 g/mol. The first-order chi connectivity index (χ1) is 19.1. The summed E-state index contributed by atoms with van der Waals surface area (Å²) < 4.78 is 34.9. The summed E-state index contributed by atoms with van der Waals surface area (Å²) >= 11 is 0. The van der Waals surface area contributed by atoms with E-state index in [1.54, 1.807) is 0 Å². The maximum Gasteiger partial charge on any atom is 0.343 e. The lowest BCUT2D eigenvalue weighted by Crippen LogP contribution is -2.68. The summed E-state index contributed by atoms with van der Waals surface area (Å²) in [5, 5.41) is 65.4. The lowest BCUT2D eigenvalue weighted by molar-refractivity contribution is -0.321. The van der Waals surface area contributed by atoms with Gasteiger partial charge in [0.05, 0.1) is 23.4 Å². The Balaban J connectivity index is 1.44. The van der Waals surface area contributed by atoms with Gasteiger partial charge in [-0.3, -0.25) is 4.79 Å². The van der Waals surface area contributed by atoms with Gasteiger partial charge in [-0.1, -0.05) is 20.8 Å². The standard InChI is InChI=1S/C26H34O15/c1-7-17(32)38-15-14(31)24-10-5-9(22(2,3)4)23(24)16(39-19-13(30)12(29)11(28)8(6-27)36-19)18(33)40-21(23)41-26(24,20(34)37-10)25(7,15)35/h7-16,19,21,27-31,35H,5-6H2,1-4H3/t7-,8-,9+,10-,11-,12+,13-,14+,15+,16+,19+,21+,23+,24+,25-,26-/m1/s1. The number of aliphatic hydroxyl groups excluding tert-OH is 5. The van der Waals surface area contributed by atoms with Crippen molar-refractivity contribution in [3.63, 3.8) is 0 Å². The average Bonchev–Trinajstić information content (AvgIpc) is 3.62. The molecule has 2 saturated carbocycles. The molecular formula is C26H34O15. The van der Waals surface area contributed by atoms with Crippen molar-refractivity contribution >= 4 is 17.9 Å². The van der Waals surface area contributed by atoms with Crippen molar-refractivity contribution in [2.24, 2.45) is 28.1 Å². The molecule has 0 unspecified atom stereocenters. The fraction of sp³-hybridized carbons (Fsp3) is 0.885. The third-order valence-corrected chi connectivity index (χ3v) is 11.1. The summed E-state index contributed by atoms with van der Waals surface area (Å²) in [6, 6.07) is 0. The maximum atomic E-state index is 13.8. The van der Waals surface area contributed by atoms with Crippen LogP contribution in [0.1, 0.15) is 34.1 Å². The quantitative estimate of drug-likeness (QED) is 0.139. The summed E-state index contributed by atoms with van der Waals surface area (Å²) in [5.74, 6) is -4.89. The normalized spacial score (nSPS) is 58.5. The number of aliphatic hydroxyl groups is 6. The summed E-state index contributed by atoms with van der Waals surface area (Å²) in [4.78, 5) is 40.2. The van der Waals surface area contributed by atoms with E-state index in [4.69, 9.17) is 28.4 Å². The van der Waals surface area contributed by atoms with Crippen LogP contribution < -0.4 is 0 Å². The highest BCUT2D eigenvalue weighted by molar-refractivity contribution is 5.94. The molecule has 15 heteroatoms. The smallest absolute Gasteiger partial charge is 0.343 e. The second-order valence-corrected chi connectivity index (χ2v) is 13.5. The Hall–Kier alpha value is -1.95. The van der Waals surface area contributed by atoms with E-state index in [0.29, 0.717) is 0 Å². The van der Waals surface area contributed by atoms with Crippen LogP contribution in [0.25, 0.3) is 0 Å². The van der Waals surface area contributed by atoms with Crippen molar-refractivity contribution in [2.45, 2.75) is 107 Å². The van der Waals surface area contributed by atoms with E-state index in [2.05, 4.69) is 0 Å². The van der Waals surface area contributed by atoms with Crippen LogP contribution in [0.4, 0.5) is 0 Å². The third-order valence-electron chi connectivity index (χ3n) is 11.1. The molecule has 7 rings (SSSR count). The summed E-state index contributed by atoms with van der Waals surface area (Å²) in [5.41, 5.74) is -9.21. The minimum Gasteiger partial charge on any atom is -0.459 e. The Bertz CT molecular complexity index is 1220. The molecule has 228 valence electrons. The van der Waals surface area contributed by atoms with Gasteiger partial charge in [-0.15, -0.1) is 0 Å². The number of ether oxygens (including phenoxy) is 6. The molecule has 0 bridgehead atoms. The second kappa shape index (κ2) is 7.95. The van der Waals surface area contributed by atoms with Gasteiger partial charge in [0.1, 0.15) is 36.6 Å². The Morgan fingerprint density at radius 1 is 0.976 bits per heavy atom. The molecule has 15 nitrogen and oxygen atoms in total. The van der Waals surface area contributed by atoms with Crippen molar-refractivity contribution in [3.05, 3.63) is 0 Å². The molecule has 41 heavy (non-hydrogen) atoms. The fourth-order valence-electron chi connectivity index (χ4n) is 9.57. The van der Waals surface area contributed by atoms with Crippen molar-refractivity contribution in [3.8, 4) is 0 Å². The Morgan fingerprint density at radius 2 is 1.66 bits per heavy atom. The van der Waals surface area contributed by atoms with Gasteiger partial charge in [0, 0.05) is 0 Å². The van der Waals surface area contributed by atoms with E-state index >= 15 is 0 Å². The highest BCUT2D eigenvalue weighted by Gasteiger charge is 3.04. The molecule has 7 fully saturated rings. The zero-order valence-electron chi connectivity index (χ0n) is 22.7. The van der Waals surface area contributed by atoms with Gasteiger partial charge in [-0.2, -0.15) is 0 Å². The molecule has 2 spiro atoms. The molecule has 2 aliphatic carbocycles. The first kappa shape index (κ1) is 27.9. The summed E-state index contributed by atoms with van der Waals surface area (Å²) in [7, 11) is 0. The monoisotopic (exact) mass is 586 g/mol. The van der Waals surface area contributed by atoms with Crippen LogP contribution in [0.15, 0.2) is 0 Å². The maximum absolute atomic E-state index is 13.8. The fourth-order valence-corrected chi connectivity index (χ4v) is 9.57. The van der Waals surface area contributed by atoms with Crippen LogP contribution in [0.3, 0.4) is 0 Å². The van der Waals surface area contributed by atoms with Gasteiger partial charge in [-0.25, -0.2) is 9.59 Å². The number of fused-ring (bicyclic) bond motifs is 1. The van der Waals surface area contributed by atoms with Crippen LogP contribution in [0, 0.1) is 28.1 Å². The van der Waals surface area contributed by atoms with Crippen molar-refractivity contribution in [2.75, 3.05) is 6.61 Å². The first-order valence-corrected chi connectivity index (χ1v) is 13.7. The molecule has 0 aromatic heterocycles. The Labute approximate surface area is 233 Å². The minimum absolute atomic E-state index is 0.0875. The van der Waals surface area contributed by atoms with Gasteiger partial charge in [-0.05, 0) is 24.7 Å². The van der Waals surface area contributed by atoms with E-state index in [9.17, 15) is 45.0 Å². The van der Waals surface area contributed by atoms with Gasteiger partial charge in [0.25, 0.3) is 0 Å². The van der Waals surface area contributed by atoms with E-state index in [0.717, 1.165) is 0 Å². The van der Waals surface area contributed by atoms with E-state index in [-0.39, 0.29) is 6.42 Å². The van der Waals surface area contributed by atoms with Gasteiger partial charge < -0.3 is 59.1 Å². The zero-order valence-corrected chi connectivity index (χ0v) is 22.7. The molecule has 7 aliphatic rings. The molecule has 0 aromatic carbocycles. The van der Waals surface area contributed by atoms with Gasteiger partial charge in [0.2, 0.25) is 11.9 Å². The largest absolute Gasteiger partial charge is 0.459 e. The highest BCUT2D eigenvalue weighted by atomic mass is 16.8. The van der Waals surface area contributed by atoms with Crippen LogP contribution in [0.5, 0.6) is 0 Å². The van der Waals surface area contributed by atoms with Gasteiger partial charge >= 0.3 is 17.9 Å². The SMILES string of the molecule is C[C@@H]1C(=O)O[C@H]2[C@H](O)[C@@]34[C@H]5C[C@@H](C(C)(C)C)[C@]36[C@@H](OC(=O)[C@@H]6O[C@@H]3O[C@H](CO)[C@@H](O)[C@H](O)[C@H]3O)O[C@@]4(C(=O)O5)[C@@]12O. The first-order valence-electron chi connectivity index (χ1n) is 13.7. The molecule has 6 N–H and O–H groups in total. The van der Waals surface area contributed by atoms with Crippen molar-refractivity contribution in [1.29, 1.82) is 0 Å². The number of hydrogen-bond donors (Lipinski definition) is 6. The van der Waals surface area contributed by atoms with E-state index < -0.39 is 125 Å². The number of carbonyl (C=O) groups is 3. The molecule has 0 radical (unpaired) electrons. The van der Waals surface area contributed by atoms with Crippen LogP contribution >= 0.6 is 0 Å². The summed E-state index contributed by atoms with van der Waals surface area (Å²) in [6.07, 6.45) is -16.3. The lowest BCUT2D eigenvalue weighted by Gasteiger charge is -2.49.